The van der Waals surface area contributed by atoms with Crippen LogP contribution in [-0.2, 0) is 0 Å². The fourth-order valence-electron chi connectivity index (χ4n) is 2.08. The van der Waals surface area contributed by atoms with E-state index in [4.69, 9.17) is 9.84 Å². The first-order chi connectivity index (χ1) is 11.0. The number of rotatable bonds is 6. The molecule has 0 bridgehead atoms. The number of aliphatic hydroxyl groups is 1. The molecular formula is C16H22N4O3. The van der Waals surface area contributed by atoms with Gasteiger partial charge in [0.15, 0.2) is 0 Å². The minimum Gasteiger partial charge on any atom is -0.497 e. The maximum Gasteiger partial charge on any atom is 0.317 e. The van der Waals surface area contributed by atoms with Crippen LogP contribution in [0.4, 0.5) is 4.79 Å². The van der Waals surface area contributed by atoms with Crippen molar-refractivity contribution in [2.24, 2.45) is 0 Å². The van der Waals surface area contributed by atoms with Gasteiger partial charge in [-0.15, -0.1) is 0 Å². The molecule has 2 rings (SSSR count). The van der Waals surface area contributed by atoms with E-state index in [2.05, 4.69) is 10.4 Å². The van der Waals surface area contributed by atoms with Crippen molar-refractivity contribution in [1.82, 2.24) is 20.0 Å². The molecule has 2 aromatic rings. The molecule has 1 aromatic carbocycles. The zero-order valence-electron chi connectivity index (χ0n) is 13.6. The first-order valence-corrected chi connectivity index (χ1v) is 7.36. The molecule has 7 nitrogen and oxygen atoms in total. The largest absolute Gasteiger partial charge is 0.497 e. The lowest BCUT2D eigenvalue weighted by Crippen LogP contribution is -2.39. The van der Waals surface area contributed by atoms with Crippen LogP contribution in [0, 0.1) is 0 Å². The van der Waals surface area contributed by atoms with Gasteiger partial charge in [0, 0.05) is 31.4 Å². The van der Waals surface area contributed by atoms with E-state index >= 15 is 0 Å². The zero-order valence-corrected chi connectivity index (χ0v) is 13.6. The predicted octanol–water partition coefficient (Wildman–Crippen LogP) is 1.58. The third-order valence-electron chi connectivity index (χ3n) is 3.54. The summed E-state index contributed by atoms with van der Waals surface area (Å²) in [6.45, 7) is 2.12. The van der Waals surface area contributed by atoms with Crippen molar-refractivity contribution in [3.63, 3.8) is 0 Å². The normalized spacial score (nSPS) is 11.8. The molecule has 0 aliphatic heterocycles. The van der Waals surface area contributed by atoms with Crippen molar-refractivity contribution in [3.8, 4) is 11.4 Å². The Kier molecular flexibility index (Phi) is 5.59. The number of nitrogens with one attached hydrogen (secondary N) is 1. The van der Waals surface area contributed by atoms with Gasteiger partial charge < -0.3 is 20.1 Å². The number of nitrogens with zero attached hydrogens (tertiary/aromatic N) is 3. The first-order valence-electron chi connectivity index (χ1n) is 7.36. The number of methoxy groups -OCH3 is 1. The second kappa shape index (κ2) is 7.64. The molecular weight excluding hydrogens is 296 g/mol. The van der Waals surface area contributed by atoms with E-state index in [9.17, 15) is 4.79 Å². The molecule has 1 aromatic heterocycles. The number of aliphatic hydroxyl groups excluding tert-OH is 1. The average Bonchev–Trinajstić information content (AvgIpc) is 3.05. The van der Waals surface area contributed by atoms with Gasteiger partial charge in [-0.1, -0.05) is 6.07 Å². The summed E-state index contributed by atoms with van der Waals surface area (Å²) in [4.78, 5) is 13.4. The Morgan fingerprint density at radius 3 is 3.00 bits per heavy atom. The number of ether oxygens (including phenoxy) is 1. The SMILES string of the molecule is COc1cccc(-n2cc([C@H](C)NC(=O)N(C)CCO)cn2)c1. The lowest BCUT2D eigenvalue weighted by Gasteiger charge is -2.19. The van der Waals surface area contributed by atoms with Gasteiger partial charge in [-0.05, 0) is 19.1 Å². The van der Waals surface area contributed by atoms with Gasteiger partial charge in [-0.3, -0.25) is 0 Å². The maximum atomic E-state index is 11.9. The summed E-state index contributed by atoms with van der Waals surface area (Å²) in [5.41, 5.74) is 1.77. The summed E-state index contributed by atoms with van der Waals surface area (Å²) in [5.74, 6) is 0.756. The number of hydrogen-bond donors (Lipinski definition) is 2. The third-order valence-corrected chi connectivity index (χ3v) is 3.54. The Morgan fingerprint density at radius 2 is 2.30 bits per heavy atom. The summed E-state index contributed by atoms with van der Waals surface area (Å²) >= 11 is 0. The first kappa shape index (κ1) is 16.8. The van der Waals surface area contributed by atoms with Crippen LogP contribution in [0.2, 0.25) is 0 Å². The monoisotopic (exact) mass is 318 g/mol. The topological polar surface area (TPSA) is 79.6 Å². The highest BCUT2D eigenvalue weighted by Crippen LogP contribution is 2.18. The summed E-state index contributed by atoms with van der Waals surface area (Å²) < 4.78 is 6.94. The van der Waals surface area contributed by atoms with Crippen LogP contribution < -0.4 is 10.1 Å². The Bertz CT molecular complexity index is 656. The molecule has 23 heavy (non-hydrogen) atoms. The van der Waals surface area contributed by atoms with Crippen molar-refractivity contribution >= 4 is 6.03 Å². The lowest BCUT2D eigenvalue weighted by atomic mass is 10.2. The molecule has 0 fully saturated rings. The van der Waals surface area contributed by atoms with E-state index in [0.717, 1.165) is 17.0 Å². The molecule has 1 heterocycles. The number of benzene rings is 1. The van der Waals surface area contributed by atoms with Gasteiger partial charge in [0.2, 0.25) is 0 Å². The van der Waals surface area contributed by atoms with E-state index in [1.54, 1.807) is 25.0 Å². The quantitative estimate of drug-likeness (QED) is 0.847. The van der Waals surface area contributed by atoms with Crippen LogP contribution in [0.25, 0.3) is 5.69 Å². The Labute approximate surface area is 135 Å². The minimum atomic E-state index is -0.235. The second-order valence-electron chi connectivity index (χ2n) is 5.24. The smallest absolute Gasteiger partial charge is 0.317 e. The van der Waals surface area contributed by atoms with Crippen LogP contribution in [0.1, 0.15) is 18.5 Å². The van der Waals surface area contributed by atoms with E-state index in [-0.39, 0.29) is 18.7 Å². The van der Waals surface area contributed by atoms with Crippen molar-refractivity contribution < 1.29 is 14.6 Å². The molecule has 2 amide bonds. The van der Waals surface area contributed by atoms with Crippen LogP contribution in [-0.4, -0.2) is 53.1 Å². The molecule has 1 atom stereocenters. The van der Waals surface area contributed by atoms with Crippen LogP contribution in [0.5, 0.6) is 5.75 Å². The number of amides is 2. The third kappa shape index (κ3) is 4.23. The van der Waals surface area contributed by atoms with Crippen molar-refractivity contribution in [2.45, 2.75) is 13.0 Å². The molecule has 7 heteroatoms. The standard InChI is InChI=1S/C16H22N4O3/c1-12(18-16(22)19(2)7-8-21)13-10-17-20(11-13)14-5-4-6-15(9-14)23-3/h4-6,9-12,21H,7-8H2,1-3H3,(H,18,22)/t12-/m0/s1. The highest BCUT2D eigenvalue weighted by Gasteiger charge is 2.14. The van der Waals surface area contributed by atoms with Crippen molar-refractivity contribution in [1.29, 1.82) is 0 Å². The van der Waals surface area contributed by atoms with Crippen LogP contribution >= 0.6 is 0 Å². The van der Waals surface area contributed by atoms with Crippen molar-refractivity contribution in [2.75, 3.05) is 27.3 Å². The van der Waals surface area contributed by atoms with Crippen LogP contribution in [0.3, 0.4) is 0 Å². The second-order valence-corrected chi connectivity index (χ2v) is 5.24. The molecule has 0 aliphatic carbocycles. The fourth-order valence-corrected chi connectivity index (χ4v) is 2.08. The molecule has 0 unspecified atom stereocenters. The van der Waals surface area contributed by atoms with E-state index < -0.39 is 0 Å². The number of aromatic nitrogens is 2. The number of likely N-dealkylation sites (N-methyl/N-ethyl adjacent to an activating group) is 1. The fraction of sp³-hybridized carbons (Fsp3) is 0.375. The lowest BCUT2D eigenvalue weighted by molar-refractivity contribution is 0.188. The Morgan fingerprint density at radius 1 is 1.52 bits per heavy atom. The number of hydrogen-bond acceptors (Lipinski definition) is 4. The summed E-state index contributed by atoms with van der Waals surface area (Å²) in [7, 11) is 3.26. The summed E-state index contributed by atoms with van der Waals surface area (Å²) in [5, 5.41) is 16.1. The summed E-state index contributed by atoms with van der Waals surface area (Å²) in [6, 6.07) is 7.15. The predicted molar refractivity (Wildman–Crippen MR) is 86.8 cm³/mol. The molecule has 2 N–H and O–H groups in total. The summed E-state index contributed by atoms with van der Waals surface area (Å²) in [6.07, 6.45) is 3.59. The zero-order chi connectivity index (χ0) is 16.8. The van der Waals surface area contributed by atoms with Crippen molar-refractivity contribution in [3.05, 3.63) is 42.2 Å². The number of carbonyl (C=O) groups is 1. The van der Waals surface area contributed by atoms with Gasteiger partial charge in [0.05, 0.1) is 31.6 Å². The van der Waals surface area contributed by atoms with Gasteiger partial charge in [0.25, 0.3) is 0 Å². The molecule has 124 valence electrons. The van der Waals surface area contributed by atoms with Gasteiger partial charge in [-0.2, -0.15) is 5.10 Å². The molecule has 0 radical (unpaired) electrons. The molecule has 0 aliphatic rings. The maximum absolute atomic E-state index is 11.9. The Hall–Kier alpha value is -2.54. The highest BCUT2D eigenvalue weighted by molar-refractivity contribution is 5.74. The molecule has 0 saturated heterocycles. The minimum absolute atomic E-state index is 0.0634. The van der Waals surface area contributed by atoms with Gasteiger partial charge in [-0.25, -0.2) is 9.48 Å². The van der Waals surface area contributed by atoms with Gasteiger partial charge in [0.1, 0.15) is 5.75 Å². The highest BCUT2D eigenvalue weighted by atomic mass is 16.5. The van der Waals surface area contributed by atoms with Crippen LogP contribution in [0.15, 0.2) is 36.7 Å². The van der Waals surface area contributed by atoms with E-state index in [0.29, 0.717) is 6.54 Å². The molecule has 0 saturated carbocycles. The number of urea groups is 1. The van der Waals surface area contributed by atoms with E-state index in [1.165, 1.54) is 4.90 Å². The van der Waals surface area contributed by atoms with E-state index in [1.807, 2.05) is 37.4 Å². The molecule has 0 spiro atoms. The van der Waals surface area contributed by atoms with Gasteiger partial charge >= 0.3 is 6.03 Å². The Balaban J connectivity index is 2.07. The average molecular weight is 318 g/mol. The number of carbonyl (C=O) groups excluding carboxylic acids is 1.